The minimum atomic E-state index is -0.737. The molecule has 8 nitrogen and oxygen atoms in total. The highest BCUT2D eigenvalue weighted by Crippen LogP contribution is 2.12. The van der Waals surface area contributed by atoms with Crippen LogP contribution in [0.3, 0.4) is 0 Å². The molecule has 0 aromatic carbocycles. The molecule has 0 saturated carbocycles. The maximum atomic E-state index is 12.4. The van der Waals surface area contributed by atoms with E-state index in [1.165, 1.54) is 77.0 Å². The first-order chi connectivity index (χ1) is 19.4. The normalized spacial score (nSPS) is 11.8. The average Bonchev–Trinajstić information content (AvgIpc) is 2.92. The molecule has 0 aliphatic carbocycles. The minimum Gasteiger partial charge on any atom is -0.462 e. The summed E-state index contributed by atoms with van der Waals surface area (Å²) in [5.41, 5.74) is 0. The van der Waals surface area contributed by atoms with Crippen LogP contribution >= 0.6 is 0 Å². The van der Waals surface area contributed by atoms with Gasteiger partial charge in [-0.2, -0.15) is 0 Å². The minimum absolute atomic E-state index is 0.0373. The summed E-state index contributed by atoms with van der Waals surface area (Å²) in [6.07, 6.45) is 20.5. The Hall–Kier alpha value is -1.83. The van der Waals surface area contributed by atoms with E-state index in [1.54, 1.807) is 0 Å². The largest absolute Gasteiger partial charge is 0.462 e. The average molecular weight is 571 g/mol. The van der Waals surface area contributed by atoms with Crippen molar-refractivity contribution in [3.05, 3.63) is 0 Å². The van der Waals surface area contributed by atoms with Gasteiger partial charge < -0.3 is 24.4 Å². The summed E-state index contributed by atoms with van der Waals surface area (Å²) < 4.78 is 16.1. The van der Waals surface area contributed by atoms with Gasteiger partial charge in [-0.05, 0) is 26.9 Å². The third-order valence-electron chi connectivity index (χ3n) is 6.94. The van der Waals surface area contributed by atoms with Gasteiger partial charge in [-0.25, -0.2) is 4.79 Å². The number of carbonyl (C=O) groups excluding carboxylic acids is 3. The first-order valence-corrected chi connectivity index (χ1v) is 16.3. The molecule has 0 aliphatic rings. The SMILES string of the molecule is CCCCCCCCCCCC(=O)OCC(CNC(=O)OCCN(C)C)OC(=O)CCCCCCCCCCC. The predicted octanol–water partition coefficient (Wildman–Crippen LogP) is 7.57. The molecule has 0 spiro atoms. The van der Waals surface area contributed by atoms with Crippen LogP contribution in [0.2, 0.25) is 0 Å². The Labute approximate surface area is 245 Å². The molecule has 0 heterocycles. The van der Waals surface area contributed by atoms with E-state index in [9.17, 15) is 14.4 Å². The summed E-state index contributed by atoms with van der Waals surface area (Å²) in [6.45, 7) is 5.28. The molecule has 1 amide bonds. The topological polar surface area (TPSA) is 94.2 Å². The fraction of sp³-hybridized carbons (Fsp3) is 0.906. The van der Waals surface area contributed by atoms with Gasteiger partial charge in [0, 0.05) is 19.4 Å². The van der Waals surface area contributed by atoms with E-state index >= 15 is 0 Å². The van der Waals surface area contributed by atoms with Gasteiger partial charge in [0.1, 0.15) is 13.2 Å². The van der Waals surface area contributed by atoms with Crippen molar-refractivity contribution in [2.45, 2.75) is 148 Å². The quantitative estimate of drug-likeness (QED) is 0.0589. The second kappa shape index (κ2) is 28.7. The van der Waals surface area contributed by atoms with Crippen LogP contribution in [0.1, 0.15) is 142 Å². The smallest absolute Gasteiger partial charge is 0.407 e. The third-order valence-corrected chi connectivity index (χ3v) is 6.94. The number of ether oxygens (including phenoxy) is 3. The van der Waals surface area contributed by atoms with E-state index in [-0.39, 0.29) is 31.7 Å². The number of rotatable bonds is 28. The van der Waals surface area contributed by atoms with Crippen molar-refractivity contribution in [1.29, 1.82) is 0 Å². The van der Waals surface area contributed by atoms with Crippen LogP contribution in [-0.4, -0.2) is 69.4 Å². The fourth-order valence-corrected chi connectivity index (χ4v) is 4.37. The Bertz CT molecular complexity index is 614. The summed E-state index contributed by atoms with van der Waals surface area (Å²) in [5, 5.41) is 2.63. The molecule has 8 heteroatoms. The lowest BCUT2D eigenvalue weighted by molar-refractivity contribution is -0.158. The number of unbranched alkanes of at least 4 members (excludes halogenated alkanes) is 16. The number of hydrogen-bond acceptors (Lipinski definition) is 7. The highest BCUT2D eigenvalue weighted by atomic mass is 16.6. The number of nitrogens with zero attached hydrogens (tertiary/aromatic N) is 1. The van der Waals surface area contributed by atoms with Crippen LogP contribution in [0.15, 0.2) is 0 Å². The lowest BCUT2D eigenvalue weighted by Crippen LogP contribution is -2.39. The van der Waals surface area contributed by atoms with Gasteiger partial charge in [-0.15, -0.1) is 0 Å². The summed E-state index contributed by atoms with van der Waals surface area (Å²) in [4.78, 5) is 38.6. The number of hydrogen-bond donors (Lipinski definition) is 1. The Morgan fingerprint density at radius 1 is 0.625 bits per heavy atom. The molecule has 0 saturated heterocycles. The Balaban J connectivity index is 4.31. The Morgan fingerprint density at radius 3 is 1.55 bits per heavy atom. The molecule has 0 aliphatic heterocycles. The Kier molecular flexibility index (Phi) is 27.4. The predicted molar refractivity (Wildman–Crippen MR) is 162 cm³/mol. The van der Waals surface area contributed by atoms with Gasteiger partial charge in [0.2, 0.25) is 0 Å². The fourth-order valence-electron chi connectivity index (χ4n) is 4.37. The first kappa shape index (κ1) is 38.2. The lowest BCUT2D eigenvalue weighted by Gasteiger charge is -2.19. The number of nitrogens with one attached hydrogen (secondary N) is 1. The standard InChI is InChI=1S/C32H62N2O6/c1-5-7-9-11-13-15-17-19-21-23-30(35)39-28-29(27-33-32(37)38-26-25-34(3)4)40-31(36)24-22-20-18-16-14-12-10-8-6-2/h29H,5-28H2,1-4H3,(H,33,37). The summed E-state index contributed by atoms with van der Waals surface area (Å²) in [7, 11) is 3.79. The van der Waals surface area contributed by atoms with Crippen molar-refractivity contribution in [2.24, 2.45) is 0 Å². The molecule has 1 N–H and O–H groups in total. The van der Waals surface area contributed by atoms with Crippen LogP contribution in [-0.2, 0) is 23.8 Å². The molecule has 0 rings (SSSR count). The highest BCUT2D eigenvalue weighted by molar-refractivity contribution is 5.70. The van der Waals surface area contributed by atoms with E-state index in [2.05, 4.69) is 19.2 Å². The molecular weight excluding hydrogens is 508 g/mol. The molecule has 0 radical (unpaired) electrons. The number of esters is 2. The third kappa shape index (κ3) is 27.7. The second-order valence-corrected chi connectivity index (χ2v) is 11.3. The molecule has 236 valence electrons. The van der Waals surface area contributed by atoms with Crippen molar-refractivity contribution in [1.82, 2.24) is 10.2 Å². The van der Waals surface area contributed by atoms with Crippen molar-refractivity contribution < 1.29 is 28.6 Å². The first-order valence-electron chi connectivity index (χ1n) is 16.3. The van der Waals surface area contributed by atoms with Crippen molar-refractivity contribution >= 4 is 18.0 Å². The summed E-state index contributed by atoms with van der Waals surface area (Å²) in [6, 6.07) is 0. The molecule has 0 aromatic heterocycles. The Morgan fingerprint density at radius 2 is 1.07 bits per heavy atom. The zero-order valence-corrected chi connectivity index (χ0v) is 26.4. The van der Waals surface area contributed by atoms with Gasteiger partial charge in [0.25, 0.3) is 0 Å². The molecule has 1 unspecified atom stereocenters. The maximum absolute atomic E-state index is 12.4. The van der Waals surface area contributed by atoms with E-state index in [1.807, 2.05) is 19.0 Å². The van der Waals surface area contributed by atoms with Gasteiger partial charge in [0.05, 0.1) is 6.54 Å². The molecule has 40 heavy (non-hydrogen) atoms. The van der Waals surface area contributed by atoms with Crippen LogP contribution in [0.5, 0.6) is 0 Å². The zero-order chi connectivity index (χ0) is 29.7. The van der Waals surface area contributed by atoms with Gasteiger partial charge >= 0.3 is 18.0 Å². The van der Waals surface area contributed by atoms with Gasteiger partial charge in [-0.1, -0.05) is 117 Å². The van der Waals surface area contributed by atoms with Crippen molar-refractivity contribution in [2.75, 3.05) is 40.4 Å². The lowest BCUT2D eigenvalue weighted by atomic mass is 10.1. The van der Waals surface area contributed by atoms with E-state index in [0.717, 1.165) is 38.5 Å². The van der Waals surface area contributed by atoms with Crippen LogP contribution in [0, 0.1) is 0 Å². The van der Waals surface area contributed by atoms with Crippen LogP contribution in [0.4, 0.5) is 4.79 Å². The van der Waals surface area contributed by atoms with E-state index < -0.39 is 12.2 Å². The van der Waals surface area contributed by atoms with E-state index in [4.69, 9.17) is 14.2 Å². The van der Waals surface area contributed by atoms with Crippen LogP contribution < -0.4 is 5.32 Å². The number of alkyl carbamates (subject to hydrolysis) is 1. The number of amides is 1. The van der Waals surface area contributed by atoms with Gasteiger partial charge in [0.15, 0.2) is 6.10 Å². The van der Waals surface area contributed by atoms with Gasteiger partial charge in [-0.3, -0.25) is 9.59 Å². The molecule has 0 aromatic rings. The number of carbonyl (C=O) groups is 3. The summed E-state index contributed by atoms with van der Waals surface area (Å²) >= 11 is 0. The molecule has 0 bridgehead atoms. The van der Waals surface area contributed by atoms with E-state index in [0.29, 0.717) is 19.4 Å². The molecule has 1 atom stereocenters. The highest BCUT2D eigenvalue weighted by Gasteiger charge is 2.18. The monoisotopic (exact) mass is 570 g/mol. The summed E-state index contributed by atoms with van der Waals surface area (Å²) in [5.74, 6) is -0.623. The molecule has 0 fully saturated rings. The van der Waals surface area contributed by atoms with Crippen molar-refractivity contribution in [3.8, 4) is 0 Å². The zero-order valence-electron chi connectivity index (χ0n) is 26.4. The van der Waals surface area contributed by atoms with Crippen molar-refractivity contribution in [3.63, 3.8) is 0 Å². The maximum Gasteiger partial charge on any atom is 0.407 e. The molecular formula is C32H62N2O6. The number of likely N-dealkylation sites (N-methyl/N-ethyl adjacent to an activating group) is 1. The van der Waals surface area contributed by atoms with Crippen LogP contribution in [0.25, 0.3) is 0 Å². The second-order valence-electron chi connectivity index (χ2n) is 11.3.